The number of likely N-dealkylation sites (N-methyl/N-ethyl adjacent to an activating group) is 1. The van der Waals surface area contributed by atoms with E-state index in [9.17, 15) is 13.2 Å². The first-order valence-corrected chi connectivity index (χ1v) is 8.97. The van der Waals surface area contributed by atoms with Crippen LogP contribution in [0.15, 0.2) is 35.2 Å². The molecule has 1 fully saturated rings. The maximum Gasteiger partial charge on any atom is 0.243 e. The van der Waals surface area contributed by atoms with E-state index in [1.807, 2.05) is 7.05 Å². The molecule has 0 bridgehead atoms. The van der Waals surface area contributed by atoms with E-state index in [0.717, 1.165) is 6.42 Å². The predicted molar refractivity (Wildman–Crippen MR) is 92.1 cm³/mol. The number of amides is 1. The van der Waals surface area contributed by atoms with E-state index in [2.05, 4.69) is 10.6 Å². The number of carbonyl (C=O) groups is 1. The molecule has 0 saturated carbocycles. The van der Waals surface area contributed by atoms with Gasteiger partial charge in [0.1, 0.15) is 0 Å². The minimum atomic E-state index is -3.51. The lowest BCUT2D eigenvalue weighted by Gasteiger charge is -2.31. The van der Waals surface area contributed by atoms with Crippen molar-refractivity contribution in [1.82, 2.24) is 14.9 Å². The highest BCUT2D eigenvalue weighted by atomic mass is 35.5. The van der Waals surface area contributed by atoms with Gasteiger partial charge in [0.05, 0.1) is 10.8 Å². The Morgan fingerprint density at radius 3 is 2.61 bits per heavy atom. The van der Waals surface area contributed by atoms with Crippen molar-refractivity contribution in [1.29, 1.82) is 0 Å². The van der Waals surface area contributed by atoms with Crippen molar-refractivity contribution in [3.8, 4) is 0 Å². The predicted octanol–water partition coefficient (Wildman–Crippen LogP) is 0.845. The molecule has 0 radical (unpaired) electrons. The third kappa shape index (κ3) is 5.17. The molecule has 6 nitrogen and oxygen atoms in total. The topological polar surface area (TPSA) is 78.5 Å². The van der Waals surface area contributed by atoms with Gasteiger partial charge in [-0.25, -0.2) is 8.42 Å². The molecular weight excluding hydrogens is 338 g/mol. The van der Waals surface area contributed by atoms with Crippen molar-refractivity contribution >= 4 is 28.3 Å². The maximum atomic E-state index is 12.6. The minimum absolute atomic E-state index is 0. The average Bonchev–Trinajstić information content (AvgIpc) is 2.56. The molecule has 0 aliphatic carbocycles. The Labute approximate surface area is 144 Å². The molecule has 1 unspecified atom stereocenters. The molecule has 1 amide bonds. The number of carbonyl (C=O) groups excluding carboxylic acids is 1. The summed E-state index contributed by atoms with van der Waals surface area (Å²) in [4.78, 5) is 12.4. The number of nitrogens with one attached hydrogen (secondary N) is 2. The minimum Gasteiger partial charge on any atom is -0.355 e. The zero-order valence-corrected chi connectivity index (χ0v) is 14.8. The van der Waals surface area contributed by atoms with Crippen molar-refractivity contribution in [3.05, 3.63) is 30.3 Å². The molecule has 1 aromatic rings. The van der Waals surface area contributed by atoms with E-state index in [1.54, 1.807) is 30.3 Å². The quantitative estimate of drug-likeness (QED) is 0.736. The second kappa shape index (κ2) is 9.22. The van der Waals surface area contributed by atoms with E-state index in [1.165, 1.54) is 4.31 Å². The summed E-state index contributed by atoms with van der Waals surface area (Å²) in [6.45, 7) is 1.97. The molecule has 0 spiro atoms. The number of benzene rings is 1. The Bertz CT molecular complexity index is 595. The summed E-state index contributed by atoms with van der Waals surface area (Å²) in [7, 11) is -1.69. The highest BCUT2D eigenvalue weighted by molar-refractivity contribution is 7.89. The fraction of sp³-hybridized carbons (Fsp3) is 0.533. The zero-order chi connectivity index (χ0) is 16.0. The van der Waals surface area contributed by atoms with Gasteiger partial charge in [-0.2, -0.15) is 4.31 Å². The first-order valence-electron chi connectivity index (χ1n) is 7.53. The van der Waals surface area contributed by atoms with E-state index in [0.29, 0.717) is 26.1 Å². The average molecular weight is 362 g/mol. The van der Waals surface area contributed by atoms with Crippen LogP contribution in [0.25, 0.3) is 0 Å². The van der Waals surface area contributed by atoms with Crippen LogP contribution in [0.5, 0.6) is 0 Å². The molecular formula is C15H24ClN3O3S. The molecule has 1 aliphatic rings. The van der Waals surface area contributed by atoms with Gasteiger partial charge in [-0.05, 0) is 32.0 Å². The third-order valence-corrected chi connectivity index (χ3v) is 5.69. The normalized spacial score (nSPS) is 18.9. The van der Waals surface area contributed by atoms with Crippen molar-refractivity contribution in [2.24, 2.45) is 5.92 Å². The summed E-state index contributed by atoms with van der Waals surface area (Å²) < 4.78 is 26.6. The Hall–Kier alpha value is -1.15. The summed E-state index contributed by atoms with van der Waals surface area (Å²) in [5, 5.41) is 5.80. The van der Waals surface area contributed by atoms with Crippen LogP contribution in [0.3, 0.4) is 0 Å². The Morgan fingerprint density at radius 2 is 1.96 bits per heavy atom. The second-order valence-corrected chi connectivity index (χ2v) is 7.35. The number of hydrogen-bond donors (Lipinski definition) is 2. The molecule has 130 valence electrons. The molecule has 1 heterocycles. The van der Waals surface area contributed by atoms with Gasteiger partial charge in [0, 0.05) is 26.2 Å². The summed E-state index contributed by atoms with van der Waals surface area (Å²) in [6, 6.07) is 8.38. The Balaban J connectivity index is 0.00000264. The number of rotatable bonds is 6. The molecule has 2 N–H and O–H groups in total. The van der Waals surface area contributed by atoms with Gasteiger partial charge >= 0.3 is 0 Å². The number of hydrogen-bond acceptors (Lipinski definition) is 4. The van der Waals surface area contributed by atoms with Crippen LogP contribution in [0.1, 0.15) is 12.8 Å². The largest absolute Gasteiger partial charge is 0.355 e. The van der Waals surface area contributed by atoms with Gasteiger partial charge in [-0.1, -0.05) is 18.2 Å². The molecule has 1 aliphatic heterocycles. The van der Waals surface area contributed by atoms with Gasteiger partial charge < -0.3 is 10.6 Å². The van der Waals surface area contributed by atoms with E-state index in [4.69, 9.17) is 0 Å². The molecule has 8 heteroatoms. The van der Waals surface area contributed by atoms with Gasteiger partial charge in [-0.3, -0.25) is 4.79 Å². The van der Waals surface area contributed by atoms with Crippen LogP contribution in [0.2, 0.25) is 0 Å². The van der Waals surface area contributed by atoms with Crippen LogP contribution in [0, 0.1) is 5.92 Å². The van der Waals surface area contributed by atoms with Crippen LogP contribution in [0.4, 0.5) is 0 Å². The van der Waals surface area contributed by atoms with E-state index in [-0.39, 0.29) is 35.7 Å². The van der Waals surface area contributed by atoms with Gasteiger partial charge in [-0.15, -0.1) is 12.4 Å². The van der Waals surface area contributed by atoms with Crippen LogP contribution < -0.4 is 10.6 Å². The summed E-state index contributed by atoms with van der Waals surface area (Å²) in [6.07, 6.45) is 1.43. The number of piperidine rings is 1. The highest BCUT2D eigenvalue weighted by Gasteiger charge is 2.32. The lowest BCUT2D eigenvalue weighted by molar-refractivity contribution is -0.126. The third-order valence-electron chi connectivity index (χ3n) is 3.81. The molecule has 1 saturated heterocycles. The Kier molecular flexibility index (Phi) is 7.98. The first-order chi connectivity index (χ1) is 10.6. The summed E-state index contributed by atoms with van der Waals surface area (Å²) in [5.74, 6) is -0.340. The fourth-order valence-corrected chi connectivity index (χ4v) is 4.12. The summed E-state index contributed by atoms with van der Waals surface area (Å²) in [5.41, 5.74) is 0. The Morgan fingerprint density at radius 1 is 1.26 bits per heavy atom. The molecule has 2 rings (SSSR count). The molecule has 1 aromatic carbocycles. The van der Waals surface area contributed by atoms with Crippen molar-refractivity contribution < 1.29 is 13.2 Å². The van der Waals surface area contributed by atoms with E-state index >= 15 is 0 Å². The van der Waals surface area contributed by atoms with Crippen LogP contribution in [-0.2, 0) is 14.8 Å². The molecule has 1 atom stereocenters. The lowest BCUT2D eigenvalue weighted by atomic mass is 9.99. The zero-order valence-electron chi connectivity index (χ0n) is 13.2. The number of halogens is 1. The first kappa shape index (κ1) is 19.9. The van der Waals surface area contributed by atoms with E-state index < -0.39 is 10.0 Å². The second-order valence-electron chi connectivity index (χ2n) is 5.41. The monoisotopic (exact) mass is 361 g/mol. The molecule has 23 heavy (non-hydrogen) atoms. The SMILES string of the molecule is CNCCNC(=O)C1CCCN(S(=O)(=O)c2ccccc2)C1.Cl. The van der Waals surface area contributed by atoms with Crippen LogP contribution >= 0.6 is 12.4 Å². The van der Waals surface area contributed by atoms with Crippen molar-refractivity contribution in [2.75, 3.05) is 33.2 Å². The number of nitrogens with zero attached hydrogens (tertiary/aromatic N) is 1. The fourth-order valence-electron chi connectivity index (χ4n) is 2.57. The van der Waals surface area contributed by atoms with Crippen molar-refractivity contribution in [2.45, 2.75) is 17.7 Å². The molecule has 0 aromatic heterocycles. The number of sulfonamides is 1. The van der Waals surface area contributed by atoms with Crippen LogP contribution in [-0.4, -0.2) is 51.9 Å². The van der Waals surface area contributed by atoms with Crippen molar-refractivity contribution in [3.63, 3.8) is 0 Å². The van der Waals surface area contributed by atoms with Gasteiger partial charge in [0.25, 0.3) is 0 Å². The maximum absolute atomic E-state index is 12.6. The van der Waals surface area contributed by atoms with Gasteiger partial charge in [0.2, 0.25) is 15.9 Å². The highest BCUT2D eigenvalue weighted by Crippen LogP contribution is 2.23. The van der Waals surface area contributed by atoms with Gasteiger partial charge in [0.15, 0.2) is 0 Å². The summed E-state index contributed by atoms with van der Waals surface area (Å²) >= 11 is 0. The standard InChI is InChI=1S/C15H23N3O3S.ClH/c1-16-9-10-17-15(19)13-6-5-11-18(12-13)22(20,21)14-7-3-2-4-8-14;/h2-4,7-8,13,16H,5-6,9-12H2,1H3,(H,17,19);1H. The smallest absolute Gasteiger partial charge is 0.243 e. The lowest BCUT2D eigenvalue weighted by Crippen LogP contribution is -2.46.